The summed E-state index contributed by atoms with van der Waals surface area (Å²) in [5, 5.41) is 5.05. The van der Waals surface area contributed by atoms with Gasteiger partial charge in [-0.2, -0.15) is 0 Å². The number of thioether (sulfide) groups is 1. The van der Waals surface area contributed by atoms with Crippen molar-refractivity contribution < 1.29 is 4.79 Å². The molecule has 0 saturated heterocycles. The molecule has 1 unspecified atom stereocenters. The molecule has 1 heterocycles. The number of amides is 1. The first kappa shape index (κ1) is 15.1. The van der Waals surface area contributed by atoms with Gasteiger partial charge in [0, 0.05) is 17.2 Å². The van der Waals surface area contributed by atoms with Crippen LogP contribution in [0.2, 0.25) is 0 Å². The lowest BCUT2D eigenvalue weighted by Crippen LogP contribution is -2.32. The van der Waals surface area contributed by atoms with Crippen LogP contribution in [0.25, 0.3) is 0 Å². The molecule has 2 rings (SSSR count). The molecule has 1 atom stereocenters. The Morgan fingerprint density at radius 2 is 2.05 bits per heavy atom. The van der Waals surface area contributed by atoms with Crippen molar-refractivity contribution in [3.05, 3.63) is 58.3 Å². The molecule has 0 spiro atoms. The fourth-order valence-corrected chi connectivity index (χ4v) is 3.36. The van der Waals surface area contributed by atoms with Crippen molar-refractivity contribution in [1.29, 1.82) is 0 Å². The zero-order chi connectivity index (χ0) is 14.2. The molecule has 0 bridgehead atoms. The first-order chi connectivity index (χ1) is 9.75. The highest BCUT2D eigenvalue weighted by molar-refractivity contribution is 7.99. The van der Waals surface area contributed by atoms with Crippen LogP contribution in [0.3, 0.4) is 0 Å². The summed E-state index contributed by atoms with van der Waals surface area (Å²) in [6.07, 6.45) is 0.916. The van der Waals surface area contributed by atoms with Gasteiger partial charge in [0.1, 0.15) is 0 Å². The van der Waals surface area contributed by atoms with Crippen molar-refractivity contribution in [1.82, 2.24) is 5.32 Å². The highest BCUT2D eigenvalue weighted by atomic mass is 32.2. The Labute approximate surface area is 128 Å². The molecular formula is C16H19NOS2. The van der Waals surface area contributed by atoms with Crippen LogP contribution in [0.5, 0.6) is 0 Å². The highest BCUT2D eigenvalue weighted by Gasteiger charge is 2.12. The third kappa shape index (κ3) is 5.02. The third-order valence-electron chi connectivity index (χ3n) is 2.96. The number of benzene rings is 1. The molecule has 1 amide bonds. The minimum Gasteiger partial charge on any atom is -0.355 e. The first-order valence-corrected chi connectivity index (χ1v) is 8.64. The molecule has 1 aromatic carbocycles. The van der Waals surface area contributed by atoms with Gasteiger partial charge in [-0.15, -0.1) is 23.1 Å². The number of hydrogen-bond acceptors (Lipinski definition) is 3. The van der Waals surface area contributed by atoms with Gasteiger partial charge >= 0.3 is 0 Å². The average Bonchev–Trinajstić information content (AvgIpc) is 2.99. The number of carbonyl (C=O) groups excluding carboxylic acids is 1. The summed E-state index contributed by atoms with van der Waals surface area (Å²) in [5.74, 6) is 1.00. The topological polar surface area (TPSA) is 29.1 Å². The molecule has 2 nitrogen and oxygen atoms in total. The zero-order valence-corrected chi connectivity index (χ0v) is 13.2. The Kier molecular flexibility index (Phi) is 6.15. The molecule has 4 heteroatoms. The Morgan fingerprint density at radius 3 is 2.75 bits per heavy atom. The molecule has 0 radical (unpaired) electrons. The maximum atomic E-state index is 12.0. The van der Waals surface area contributed by atoms with Gasteiger partial charge in [-0.25, -0.2) is 0 Å². The summed E-state index contributed by atoms with van der Waals surface area (Å²) < 4.78 is 0. The van der Waals surface area contributed by atoms with Crippen molar-refractivity contribution in [2.45, 2.75) is 24.3 Å². The van der Waals surface area contributed by atoms with Gasteiger partial charge in [-0.3, -0.25) is 4.79 Å². The van der Waals surface area contributed by atoms with E-state index in [1.54, 1.807) is 23.1 Å². The van der Waals surface area contributed by atoms with Crippen molar-refractivity contribution in [2.24, 2.45) is 0 Å². The van der Waals surface area contributed by atoms with E-state index in [-0.39, 0.29) is 11.2 Å². The van der Waals surface area contributed by atoms with Crippen molar-refractivity contribution in [2.75, 3.05) is 6.54 Å². The lowest BCUT2D eigenvalue weighted by Gasteiger charge is -2.11. The van der Waals surface area contributed by atoms with Crippen molar-refractivity contribution in [3.63, 3.8) is 0 Å². The van der Waals surface area contributed by atoms with Gasteiger partial charge in [-0.05, 0) is 30.4 Å². The van der Waals surface area contributed by atoms with Crippen molar-refractivity contribution >= 4 is 29.0 Å². The van der Waals surface area contributed by atoms with E-state index in [1.165, 1.54) is 10.4 Å². The second kappa shape index (κ2) is 8.12. The van der Waals surface area contributed by atoms with E-state index >= 15 is 0 Å². The molecule has 0 fully saturated rings. The van der Waals surface area contributed by atoms with E-state index in [0.29, 0.717) is 0 Å². The van der Waals surface area contributed by atoms with E-state index in [9.17, 15) is 4.79 Å². The van der Waals surface area contributed by atoms with Crippen LogP contribution in [0.15, 0.2) is 47.8 Å². The zero-order valence-electron chi connectivity index (χ0n) is 11.5. The van der Waals surface area contributed by atoms with E-state index in [0.717, 1.165) is 18.7 Å². The fraction of sp³-hybridized carbons (Fsp3) is 0.312. The van der Waals surface area contributed by atoms with E-state index in [2.05, 4.69) is 28.9 Å². The molecule has 0 aliphatic carbocycles. The second-order valence-corrected chi connectivity index (χ2v) is 6.92. The SMILES string of the molecule is CC(SCc1ccccc1)C(=O)NCCc1cccs1. The van der Waals surface area contributed by atoms with Crippen LogP contribution >= 0.6 is 23.1 Å². The maximum absolute atomic E-state index is 12.0. The fourth-order valence-electron chi connectivity index (χ4n) is 1.78. The average molecular weight is 305 g/mol. The van der Waals surface area contributed by atoms with Crippen LogP contribution < -0.4 is 5.32 Å². The van der Waals surface area contributed by atoms with Crippen LogP contribution in [0, 0.1) is 0 Å². The van der Waals surface area contributed by atoms with Crippen molar-refractivity contribution in [3.8, 4) is 0 Å². The van der Waals surface area contributed by atoms with Crippen LogP contribution in [-0.2, 0) is 17.0 Å². The van der Waals surface area contributed by atoms with Gasteiger partial charge in [0.25, 0.3) is 0 Å². The summed E-state index contributed by atoms with van der Waals surface area (Å²) in [5.41, 5.74) is 1.26. The molecular weight excluding hydrogens is 286 g/mol. The Hall–Kier alpha value is -1.26. The molecule has 0 aliphatic heterocycles. The summed E-state index contributed by atoms with van der Waals surface area (Å²) in [7, 11) is 0. The van der Waals surface area contributed by atoms with E-state index in [4.69, 9.17) is 0 Å². The highest BCUT2D eigenvalue weighted by Crippen LogP contribution is 2.17. The maximum Gasteiger partial charge on any atom is 0.232 e. The summed E-state index contributed by atoms with van der Waals surface area (Å²) in [4.78, 5) is 13.3. The lowest BCUT2D eigenvalue weighted by molar-refractivity contribution is -0.120. The minimum absolute atomic E-state index is 0.0152. The number of thiophene rings is 1. The van der Waals surface area contributed by atoms with E-state index < -0.39 is 0 Å². The Morgan fingerprint density at radius 1 is 1.25 bits per heavy atom. The number of carbonyl (C=O) groups is 1. The van der Waals surface area contributed by atoms with Crippen LogP contribution in [-0.4, -0.2) is 17.7 Å². The van der Waals surface area contributed by atoms with Gasteiger partial charge in [0.05, 0.1) is 5.25 Å². The Balaban J connectivity index is 1.66. The summed E-state index contributed by atoms with van der Waals surface area (Å²) in [6.45, 7) is 2.68. The summed E-state index contributed by atoms with van der Waals surface area (Å²) >= 11 is 3.41. The number of nitrogens with one attached hydrogen (secondary N) is 1. The molecule has 0 saturated carbocycles. The molecule has 20 heavy (non-hydrogen) atoms. The van der Waals surface area contributed by atoms with Gasteiger partial charge in [-0.1, -0.05) is 36.4 Å². The first-order valence-electron chi connectivity index (χ1n) is 6.71. The molecule has 0 aliphatic rings. The van der Waals surface area contributed by atoms with Gasteiger partial charge in [0.15, 0.2) is 0 Å². The molecule has 1 aromatic heterocycles. The summed E-state index contributed by atoms with van der Waals surface area (Å²) in [6, 6.07) is 14.4. The lowest BCUT2D eigenvalue weighted by atomic mass is 10.2. The molecule has 2 aromatic rings. The minimum atomic E-state index is -0.0152. The standard InChI is InChI=1S/C16H19NOS2/c1-13(20-12-14-6-3-2-4-7-14)16(18)17-10-9-15-8-5-11-19-15/h2-8,11,13H,9-10,12H2,1H3,(H,17,18). The molecule has 106 valence electrons. The van der Waals surface area contributed by atoms with Gasteiger partial charge < -0.3 is 5.32 Å². The normalized spacial score (nSPS) is 12.1. The van der Waals surface area contributed by atoms with Crippen LogP contribution in [0.4, 0.5) is 0 Å². The predicted octanol–water partition coefficient (Wildman–Crippen LogP) is 3.73. The quantitative estimate of drug-likeness (QED) is 0.844. The number of hydrogen-bond donors (Lipinski definition) is 1. The Bertz CT molecular complexity index is 511. The predicted molar refractivity (Wildman–Crippen MR) is 88.2 cm³/mol. The van der Waals surface area contributed by atoms with E-state index in [1.807, 2.05) is 31.2 Å². The third-order valence-corrected chi connectivity index (χ3v) is 5.11. The number of rotatable bonds is 7. The smallest absolute Gasteiger partial charge is 0.232 e. The van der Waals surface area contributed by atoms with Gasteiger partial charge in [0.2, 0.25) is 5.91 Å². The van der Waals surface area contributed by atoms with Crippen LogP contribution in [0.1, 0.15) is 17.4 Å². The monoisotopic (exact) mass is 305 g/mol. The second-order valence-electron chi connectivity index (χ2n) is 4.56. The molecule has 1 N–H and O–H groups in total. The largest absolute Gasteiger partial charge is 0.355 e.